The van der Waals surface area contributed by atoms with Crippen molar-refractivity contribution in [2.45, 2.75) is 63.5 Å². The minimum atomic E-state index is -4.97. The van der Waals surface area contributed by atoms with Gasteiger partial charge in [-0.05, 0) is 61.6 Å². The molecule has 0 spiro atoms. The Morgan fingerprint density at radius 3 is 2.26 bits per heavy atom. The van der Waals surface area contributed by atoms with Gasteiger partial charge in [0.25, 0.3) is 0 Å². The smallest absolute Gasteiger partial charge is 0.416 e. The first-order valence-corrected chi connectivity index (χ1v) is 10.9. The Bertz CT molecular complexity index is 916. The van der Waals surface area contributed by atoms with Gasteiger partial charge in [0.1, 0.15) is 0 Å². The maximum Gasteiger partial charge on any atom is 0.416 e. The van der Waals surface area contributed by atoms with Crippen LogP contribution in [-0.2, 0) is 21.8 Å². The molecule has 1 aliphatic carbocycles. The number of ether oxygens (including phenoxy) is 2. The van der Waals surface area contributed by atoms with Gasteiger partial charge < -0.3 is 19.7 Å². The number of aliphatic hydroxyl groups excluding tert-OH is 2. The summed E-state index contributed by atoms with van der Waals surface area (Å²) < 4.78 is 91.1. The van der Waals surface area contributed by atoms with Gasteiger partial charge in [0, 0.05) is 24.5 Å². The van der Waals surface area contributed by atoms with Crippen molar-refractivity contribution in [1.29, 1.82) is 0 Å². The Morgan fingerprint density at radius 1 is 1.09 bits per heavy atom. The van der Waals surface area contributed by atoms with Gasteiger partial charge in [-0.15, -0.1) is 0 Å². The highest BCUT2D eigenvalue weighted by atomic mass is 19.4. The molecule has 4 atom stereocenters. The fraction of sp³-hybridized carbons (Fsp3) is 0.500. The molecule has 0 aromatic heterocycles. The van der Waals surface area contributed by atoms with Crippen LogP contribution in [-0.4, -0.2) is 29.2 Å². The molecule has 2 N–H and O–H groups in total. The van der Waals surface area contributed by atoms with Crippen LogP contribution < -0.4 is 0 Å². The second kappa shape index (κ2) is 10.5. The van der Waals surface area contributed by atoms with E-state index in [1.165, 1.54) is 19.3 Å². The number of benzene rings is 1. The third-order valence-corrected chi connectivity index (χ3v) is 5.86. The summed E-state index contributed by atoms with van der Waals surface area (Å²) in [6, 6.07) is 1.32. The molecule has 3 rings (SSSR count). The molecule has 0 radical (unpaired) electrons. The van der Waals surface area contributed by atoms with E-state index in [9.17, 15) is 36.6 Å². The highest BCUT2D eigenvalue weighted by Gasteiger charge is 2.38. The van der Waals surface area contributed by atoms with Crippen LogP contribution in [0.2, 0.25) is 0 Å². The first-order valence-electron chi connectivity index (χ1n) is 10.9. The number of halogens is 6. The second-order valence-corrected chi connectivity index (χ2v) is 8.29. The predicted molar refractivity (Wildman–Crippen MR) is 111 cm³/mol. The molecule has 188 valence electrons. The number of hydrogen-bond acceptors (Lipinski definition) is 4. The molecule has 1 aliphatic heterocycles. The van der Waals surface area contributed by atoms with Gasteiger partial charge in [-0.3, -0.25) is 0 Å². The van der Waals surface area contributed by atoms with Gasteiger partial charge in [0.05, 0.1) is 29.6 Å². The van der Waals surface area contributed by atoms with Crippen LogP contribution in [0.25, 0.3) is 0 Å². The lowest BCUT2D eigenvalue weighted by atomic mass is 9.83. The molecule has 2 aliphatic rings. The number of hydrogen-bond donors (Lipinski definition) is 2. The van der Waals surface area contributed by atoms with E-state index in [4.69, 9.17) is 9.47 Å². The summed E-state index contributed by atoms with van der Waals surface area (Å²) in [6.45, 7) is 1.06. The molecule has 0 bridgehead atoms. The number of allylic oxidation sites excluding steroid dienone is 2. The molecule has 34 heavy (non-hydrogen) atoms. The molecule has 0 fully saturated rings. The van der Waals surface area contributed by atoms with E-state index in [1.54, 1.807) is 0 Å². The molecule has 1 unspecified atom stereocenters. The molecule has 0 saturated carbocycles. The Labute approximate surface area is 193 Å². The summed E-state index contributed by atoms with van der Waals surface area (Å²) in [5, 5.41) is 19.8. The Balaban J connectivity index is 1.97. The first kappa shape index (κ1) is 26.3. The second-order valence-electron chi connectivity index (χ2n) is 8.29. The quantitative estimate of drug-likeness (QED) is 0.359. The van der Waals surface area contributed by atoms with E-state index in [0.29, 0.717) is 29.7 Å². The zero-order valence-electron chi connectivity index (χ0n) is 18.4. The highest BCUT2D eigenvalue weighted by molar-refractivity contribution is 5.37. The molecular weight excluding hydrogens is 466 g/mol. The fourth-order valence-electron chi connectivity index (χ4n) is 4.11. The van der Waals surface area contributed by atoms with Crippen LogP contribution in [0, 0.1) is 5.92 Å². The van der Waals surface area contributed by atoms with Crippen molar-refractivity contribution in [3.63, 3.8) is 0 Å². The summed E-state index contributed by atoms with van der Waals surface area (Å²) in [5.41, 5.74) is -2.18. The lowest BCUT2D eigenvalue weighted by Gasteiger charge is -2.34. The highest BCUT2D eigenvalue weighted by Crippen LogP contribution is 2.40. The van der Waals surface area contributed by atoms with E-state index in [0.717, 1.165) is 12.8 Å². The summed E-state index contributed by atoms with van der Waals surface area (Å²) >= 11 is 0. The van der Waals surface area contributed by atoms with Crippen LogP contribution >= 0.6 is 0 Å². The van der Waals surface area contributed by atoms with E-state index in [1.807, 2.05) is 12.2 Å². The van der Waals surface area contributed by atoms with Crippen molar-refractivity contribution < 1.29 is 46.0 Å². The zero-order chi connectivity index (χ0) is 25.1. The van der Waals surface area contributed by atoms with E-state index in [2.05, 4.69) is 0 Å². The lowest BCUT2D eigenvalue weighted by molar-refractivity contribution is -0.143. The van der Waals surface area contributed by atoms with E-state index >= 15 is 0 Å². The topological polar surface area (TPSA) is 58.9 Å². The molecule has 0 amide bonds. The predicted octanol–water partition coefficient (Wildman–Crippen LogP) is 6.07. The van der Waals surface area contributed by atoms with Crippen molar-refractivity contribution in [1.82, 2.24) is 0 Å². The fourth-order valence-corrected chi connectivity index (χ4v) is 4.11. The van der Waals surface area contributed by atoms with Crippen LogP contribution in [0.15, 0.2) is 53.8 Å². The molecule has 1 aromatic rings. The summed E-state index contributed by atoms with van der Waals surface area (Å²) in [5.74, 6) is -0.202. The maximum absolute atomic E-state index is 13.3. The van der Waals surface area contributed by atoms with Crippen LogP contribution in [0.1, 0.15) is 55.4 Å². The van der Waals surface area contributed by atoms with Crippen molar-refractivity contribution in [3.05, 3.63) is 70.5 Å². The van der Waals surface area contributed by atoms with Gasteiger partial charge >= 0.3 is 12.4 Å². The normalized spacial score (nSPS) is 23.1. The zero-order valence-corrected chi connectivity index (χ0v) is 18.4. The maximum atomic E-state index is 13.3. The number of alkyl halides is 6. The van der Waals surface area contributed by atoms with Crippen molar-refractivity contribution >= 4 is 0 Å². The number of aliphatic hydroxyl groups is 2. The van der Waals surface area contributed by atoms with Gasteiger partial charge in [-0.2, -0.15) is 26.3 Å². The molecular formula is C24H26F6O4. The van der Waals surface area contributed by atoms with Crippen LogP contribution in [0.5, 0.6) is 0 Å². The van der Waals surface area contributed by atoms with Gasteiger partial charge in [-0.1, -0.05) is 12.2 Å². The van der Waals surface area contributed by atoms with Crippen LogP contribution in [0.4, 0.5) is 26.3 Å². The van der Waals surface area contributed by atoms with Crippen molar-refractivity contribution in [2.75, 3.05) is 6.61 Å². The lowest BCUT2D eigenvalue weighted by Crippen LogP contribution is -2.31. The Kier molecular flexibility index (Phi) is 8.15. The minimum absolute atomic E-state index is 0.0461. The monoisotopic (exact) mass is 492 g/mol. The summed E-state index contributed by atoms with van der Waals surface area (Å²) in [7, 11) is 0. The molecule has 10 heteroatoms. The Morgan fingerprint density at radius 2 is 1.74 bits per heavy atom. The van der Waals surface area contributed by atoms with Gasteiger partial charge in [0.2, 0.25) is 6.29 Å². The largest absolute Gasteiger partial charge is 0.468 e. The SMILES string of the molecule is C[C@@H](O[C@H]1OC=CC([C@H](O)CCO)=C1C1C=CCCC1)c1cc(C(F)(F)F)cc(C(F)(F)F)c1. The first-order chi connectivity index (χ1) is 15.9. The van der Waals surface area contributed by atoms with Crippen molar-refractivity contribution in [2.24, 2.45) is 5.92 Å². The van der Waals surface area contributed by atoms with Crippen LogP contribution in [0.3, 0.4) is 0 Å². The average Bonchev–Trinajstić information content (AvgIpc) is 2.78. The van der Waals surface area contributed by atoms with E-state index in [-0.39, 0.29) is 30.6 Å². The third-order valence-electron chi connectivity index (χ3n) is 5.86. The van der Waals surface area contributed by atoms with Gasteiger partial charge in [-0.25, -0.2) is 0 Å². The standard InChI is InChI=1S/C24H26F6O4/c1-14(16-11-17(23(25,26)27)13-18(12-16)24(28,29)30)34-22-21(15-5-3-2-4-6-15)19(8-10-33-22)20(32)7-9-31/h3,5,8,10-15,20,22,31-32H,2,4,6-7,9H2,1H3/t14-,15?,20-,22-/m1/s1. The van der Waals surface area contributed by atoms with Crippen molar-refractivity contribution in [3.8, 4) is 0 Å². The molecule has 0 saturated heterocycles. The molecule has 1 heterocycles. The minimum Gasteiger partial charge on any atom is -0.468 e. The summed E-state index contributed by atoms with van der Waals surface area (Å²) in [4.78, 5) is 0. The number of rotatable bonds is 7. The molecule has 4 nitrogen and oxygen atoms in total. The van der Waals surface area contributed by atoms with Gasteiger partial charge in [0.15, 0.2) is 0 Å². The summed E-state index contributed by atoms with van der Waals surface area (Å²) in [6.07, 6.45) is -4.19. The van der Waals surface area contributed by atoms with E-state index < -0.39 is 42.0 Å². The average molecular weight is 492 g/mol. The third kappa shape index (κ3) is 6.22. The molecule has 1 aromatic carbocycles. The Hall–Kier alpha value is -2.30.